The van der Waals surface area contributed by atoms with E-state index in [0.29, 0.717) is 31.8 Å². The fourth-order valence-electron chi connectivity index (χ4n) is 3.16. The first-order valence-corrected chi connectivity index (χ1v) is 10.1. The van der Waals surface area contributed by atoms with E-state index in [1.165, 1.54) is 0 Å². The summed E-state index contributed by atoms with van der Waals surface area (Å²) in [6, 6.07) is 0.145. The van der Waals surface area contributed by atoms with Crippen LogP contribution >= 0.6 is 0 Å². The molecule has 27 heavy (non-hydrogen) atoms. The lowest BCUT2D eigenvalue weighted by atomic mass is 9.84. The molecule has 1 saturated carbocycles. The number of amides is 3. The van der Waals surface area contributed by atoms with Gasteiger partial charge in [-0.15, -0.1) is 0 Å². The van der Waals surface area contributed by atoms with Crippen molar-refractivity contribution in [1.82, 2.24) is 16.0 Å². The van der Waals surface area contributed by atoms with Crippen LogP contribution in [0.2, 0.25) is 0 Å². The lowest BCUT2D eigenvalue weighted by Gasteiger charge is -2.27. The molecule has 0 spiro atoms. The molecule has 0 saturated heterocycles. The number of ketones is 1. The number of nitrogens with one attached hydrogen (secondary N) is 3. The van der Waals surface area contributed by atoms with Gasteiger partial charge in [0.05, 0.1) is 0 Å². The van der Waals surface area contributed by atoms with Crippen LogP contribution in [0.1, 0.15) is 72.1 Å². The Kier molecular flexibility index (Phi) is 10.7. The quantitative estimate of drug-likeness (QED) is 0.507. The Morgan fingerprint density at radius 3 is 2.04 bits per heavy atom. The molecule has 154 valence electrons. The summed E-state index contributed by atoms with van der Waals surface area (Å²) in [5.74, 6) is 0.544. The lowest BCUT2D eigenvalue weighted by molar-refractivity contribution is -0.123. The molecule has 1 rings (SSSR count). The van der Waals surface area contributed by atoms with Crippen LogP contribution in [0.4, 0.5) is 0 Å². The summed E-state index contributed by atoms with van der Waals surface area (Å²) >= 11 is 0. The van der Waals surface area contributed by atoms with Gasteiger partial charge in [0.15, 0.2) is 0 Å². The Morgan fingerprint density at radius 2 is 1.44 bits per heavy atom. The molecule has 0 aromatic rings. The second kappa shape index (κ2) is 12.5. The zero-order valence-corrected chi connectivity index (χ0v) is 16.9. The van der Waals surface area contributed by atoms with Gasteiger partial charge < -0.3 is 16.0 Å². The van der Waals surface area contributed by atoms with Crippen LogP contribution in [0, 0.1) is 11.8 Å². The van der Waals surface area contributed by atoms with Gasteiger partial charge in [-0.2, -0.15) is 0 Å². The second-order valence-corrected chi connectivity index (χ2v) is 7.88. The maximum absolute atomic E-state index is 12.0. The molecule has 0 radical (unpaired) electrons. The summed E-state index contributed by atoms with van der Waals surface area (Å²) in [4.78, 5) is 46.6. The first-order valence-electron chi connectivity index (χ1n) is 10.1. The van der Waals surface area contributed by atoms with Crippen molar-refractivity contribution in [1.29, 1.82) is 0 Å². The van der Waals surface area contributed by atoms with E-state index in [4.69, 9.17) is 0 Å². The van der Waals surface area contributed by atoms with Gasteiger partial charge in [0.25, 0.3) is 0 Å². The third kappa shape index (κ3) is 10.7. The maximum Gasteiger partial charge on any atom is 0.221 e. The SMILES string of the molecule is CC(=O)[C@H]1CC[C@@H](NC(=O)CCCC(=O)NCCC(=O)NCC(C)C)CC1. The van der Waals surface area contributed by atoms with Gasteiger partial charge in [-0.25, -0.2) is 0 Å². The number of rotatable bonds is 11. The van der Waals surface area contributed by atoms with E-state index >= 15 is 0 Å². The minimum Gasteiger partial charge on any atom is -0.356 e. The van der Waals surface area contributed by atoms with E-state index in [1.54, 1.807) is 6.92 Å². The first kappa shape index (κ1) is 23.1. The average Bonchev–Trinajstić information content (AvgIpc) is 2.60. The van der Waals surface area contributed by atoms with Crippen LogP contribution in [0.3, 0.4) is 0 Å². The zero-order valence-electron chi connectivity index (χ0n) is 16.9. The monoisotopic (exact) mass is 381 g/mol. The van der Waals surface area contributed by atoms with E-state index in [1.807, 2.05) is 13.8 Å². The largest absolute Gasteiger partial charge is 0.356 e. The zero-order chi connectivity index (χ0) is 20.2. The predicted molar refractivity (Wildman–Crippen MR) is 104 cm³/mol. The minimum absolute atomic E-state index is 0.0397. The molecule has 0 heterocycles. The van der Waals surface area contributed by atoms with Gasteiger partial charge in [0, 0.05) is 44.3 Å². The normalized spacial score (nSPS) is 19.4. The van der Waals surface area contributed by atoms with Crippen LogP contribution in [-0.4, -0.2) is 42.6 Å². The van der Waals surface area contributed by atoms with Crippen molar-refractivity contribution in [3.63, 3.8) is 0 Å². The van der Waals surface area contributed by atoms with Crippen LogP contribution in [0.25, 0.3) is 0 Å². The van der Waals surface area contributed by atoms with Crippen molar-refractivity contribution in [3.8, 4) is 0 Å². The molecule has 0 aromatic carbocycles. The summed E-state index contributed by atoms with van der Waals surface area (Å²) in [5, 5.41) is 8.51. The van der Waals surface area contributed by atoms with Crippen LogP contribution < -0.4 is 16.0 Å². The first-order chi connectivity index (χ1) is 12.8. The van der Waals surface area contributed by atoms with Gasteiger partial charge in [-0.1, -0.05) is 13.8 Å². The van der Waals surface area contributed by atoms with Crippen LogP contribution in [0.5, 0.6) is 0 Å². The summed E-state index contributed by atoms with van der Waals surface area (Å²) < 4.78 is 0. The molecule has 7 heteroatoms. The molecule has 3 amide bonds. The van der Waals surface area contributed by atoms with E-state index in [9.17, 15) is 19.2 Å². The van der Waals surface area contributed by atoms with Crippen molar-refractivity contribution in [3.05, 3.63) is 0 Å². The second-order valence-electron chi connectivity index (χ2n) is 7.88. The Balaban J connectivity index is 2.06. The van der Waals surface area contributed by atoms with Gasteiger partial charge in [0.1, 0.15) is 5.78 Å². The number of hydrogen-bond donors (Lipinski definition) is 3. The highest BCUT2D eigenvalue weighted by Crippen LogP contribution is 2.24. The summed E-state index contributed by atoms with van der Waals surface area (Å²) in [6.07, 6.45) is 4.71. The lowest BCUT2D eigenvalue weighted by Crippen LogP contribution is -2.38. The van der Waals surface area contributed by atoms with Gasteiger partial charge in [-0.3, -0.25) is 19.2 Å². The molecule has 0 aromatic heterocycles. The highest BCUT2D eigenvalue weighted by Gasteiger charge is 2.24. The number of hydrogen-bond acceptors (Lipinski definition) is 4. The Labute approximate surface area is 162 Å². The fraction of sp³-hybridized carbons (Fsp3) is 0.800. The van der Waals surface area contributed by atoms with Gasteiger partial charge in [-0.05, 0) is 44.9 Å². The van der Waals surface area contributed by atoms with Crippen LogP contribution in [0.15, 0.2) is 0 Å². The Bertz CT molecular complexity index is 511. The molecule has 0 bridgehead atoms. The molecule has 1 aliphatic carbocycles. The van der Waals surface area contributed by atoms with Crippen molar-refractivity contribution >= 4 is 23.5 Å². The van der Waals surface area contributed by atoms with Crippen molar-refractivity contribution in [2.45, 2.75) is 78.2 Å². The topological polar surface area (TPSA) is 104 Å². The van der Waals surface area contributed by atoms with Crippen LogP contribution in [-0.2, 0) is 19.2 Å². The average molecular weight is 382 g/mol. The van der Waals surface area contributed by atoms with E-state index in [0.717, 1.165) is 25.7 Å². The van der Waals surface area contributed by atoms with E-state index in [2.05, 4.69) is 16.0 Å². The predicted octanol–water partition coefficient (Wildman–Crippen LogP) is 1.70. The maximum atomic E-state index is 12.0. The molecule has 0 atom stereocenters. The highest BCUT2D eigenvalue weighted by molar-refractivity contribution is 5.80. The van der Waals surface area contributed by atoms with E-state index < -0.39 is 0 Å². The Hall–Kier alpha value is -1.92. The molecular formula is C20H35N3O4. The number of carbonyl (C=O) groups excluding carboxylic acids is 4. The van der Waals surface area contributed by atoms with Crippen molar-refractivity contribution in [2.24, 2.45) is 11.8 Å². The van der Waals surface area contributed by atoms with Crippen molar-refractivity contribution in [2.75, 3.05) is 13.1 Å². The smallest absolute Gasteiger partial charge is 0.221 e. The molecule has 3 N–H and O–H groups in total. The molecule has 1 aliphatic rings. The third-order valence-electron chi connectivity index (χ3n) is 4.86. The standard InChI is InChI=1S/C20H35N3O4/c1-14(2)13-22-19(26)11-12-21-18(25)5-4-6-20(27)23-17-9-7-16(8-10-17)15(3)24/h14,16-17H,4-13H2,1-3H3,(H,21,25)(H,22,26)(H,23,27)/t16-,17+. The molecule has 7 nitrogen and oxygen atoms in total. The molecule has 1 fully saturated rings. The van der Waals surface area contributed by atoms with E-state index in [-0.39, 0.29) is 48.3 Å². The summed E-state index contributed by atoms with van der Waals surface area (Å²) in [7, 11) is 0. The molecule has 0 aliphatic heterocycles. The highest BCUT2D eigenvalue weighted by atomic mass is 16.2. The third-order valence-corrected chi connectivity index (χ3v) is 4.86. The molecule has 0 unspecified atom stereocenters. The Morgan fingerprint density at radius 1 is 0.852 bits per heavy atom. The van der Waals surface area contributed by atoms with Crippen molar-refractivity contribution < 1.29 is 19.2 Å². The number of carbonyl (C=O) groups is 4. The van der Waals surface area contributed by atoms with Gasteiger partial charge >= 0.3 is 0 Å². The number of Topliss-reactive ketones (excluding diaryl/α,β-unsaturated/α-hetero) is 1. The summed E-state index contributed by atoms with van der Waals surface area (Å²) in [6.45, 7) is 6.63. The molecular weight excluding hydrogens is 346 g/mol. The fourth-order valence-corrected chi connectivity index (χ4v) is 3.16. The summed E-state index contributed by atoms with van der Waals surface area (Å²) in [5.41, 5.74) is 0. The van der Waals surface area contributed by atoms with Gasteiger partial charge in [0.2, 0.25) is 17.7 Å². The minimum atomic E-state index is -0.138.